The summed E-state index contributed by atoms with van der Waals surface area (Å²) in [5.41, 5.74) is 4.49. The third-order valence-electron chi connectivity index (χ3n) is 6.30. The Morgan fingerprint density at radius 2 is 1.31 bits per heavy atom. The summed E-state index contributed by atoms with van der Waals surface area (Å²) in [4.78, 5) is 39.6. The Balaban J connectivity index is 1.38. The Morgan fingerprint density at radius 3 is 1.91 bits per heavy atom. The fourth-order valence-electron chi connectivity index (χ4n) is 4.63. The highest BCUT2D eigenvalue weighted by Crippen LogP contribution is 2.34. The Bertz CT molecular complexity index is 1120. The van der Waals surface area contributed by atoms with Gasteiger partial charge in [-0.3, -0.25) is 14.4 Å². The van der Waals surface area contributed by atoms with Crippen LogP contribution in [-0.4, -0.2) is 17.6 Å². The topological polar surface area (TPSA) is 57.7 Å². The van der Waals surface area contributed by atoms with Crippen LogP contribution >= 0.6 is 0 Å². The number of Topliss-reactive ketones (excluding diaryl/α,β-unsaturated/α-hetero) is 1. The Labute approximate surface area is 187 Å². The van der Waals surface area contributed by atoms with Gasteiger partial charge in [-0.05, 0) is 67.1 Å². The van der Waals surface area contributed by atoms with Crippen molar-refractivity contribution in [3.63, 3.8) is 0 Å². The van der Waals surface area contributed by atoms with Gasteiger partial charge in [-0.15, -0.1) is 0 Å². The maximum atomic E-state index is 13.4. The Morgan fingerprint density at radius 1 is 0.750 bits per heavy atom. The van der Waals surface area contributed by atoms with Gasteiger partial charge in [-0.25, -0.2) is 10.0 Å². The molecule has 160 valence electrons. The summed E-state index contributed by atoms with van der Waals surface area (Å²) < 4.78 is 0. The second-order valence-corrected chi connectivity index (χ2v) is 8.32. The van der Waals surface area contributed by atoms with Crippen LogP contribution in [0.15, 0.2) is 78.9 Å². The molecule has 1 aliphatic heterocycles. The van der Waals surface area contributed by atoms with E-state index in [1.54, 1.807) is 24.3 Å². The third kappa shape index (κ3) is 3.60. The zero-order chi connectivity index (χ0) is 22.1. The van der Waals surface area contributed by atoms with E-state index in [0.717, 1.165) is 19.3 Å². The minimum absolute atomic E-state index is 0.0234. The van der Waals surface area contributed by atoms with Crippen molar-refractivity contribution < 1.29 is 14.4 Å². The molecule has 1 heterocycles. The molecule has 0 atom stereocenters. The molecule has 5 heteroatoms. The zero-order valence-corrected chi connectivity index (χ0v) is 17.7. The quantitative estimate of drug-likeness (QED) is 0.424. The molecular formula is C27H24N2O3. The molecule has 1 aliphatic carbocycles. The lowest BCUT2D eigenvalue weighted by molar-refractivity contribution is -0.127. The summed E-state index contributed by atoms with van der Waals surface area (Å²) in [5, 5.41) is 2.87. The summed E-state index contributed by atoms with van der Waals surface area (Å²) in [6, 6.07) is 24.2. The van der Waals surface area contributed by atoms with E-state index in [9.17, 15) is 14.4 Å². The first-order chi connectivity index (χ1) is 15.6. The van der Waals surface area contributed by atoms with Crippen LogP contribution in [0.1, 0.15) is 40.7 Å². The van der Waals surface area contributed by atoms with Crippen molar-refractivity contribution in [3.05, 3.63) is 95.6 Å². The fourth-order valence-corrected chi connectivity index (χ4v) is 4.63. The number of hydrazine groups is 1. The van der Waals surface area contributed by atoms with E-state index < -0.39 is 5.92 Å². The number of hydrogen-bond acceptors (Lipinski definition) is 3. The summed E-state index contributed by atoms with van der Waals surface area (Å²) >= 11 is 0. The highest BCUT2D eigenvalue weighted by Gasteiger charge is 2.46. The lowest BCUT2D eigenvalue weighted by atomic mass is 9.96. The lowest BCUT2D eigenvalue weighted by Gasteiger charge is -2.27. The van der Waals surface area contributed by atoms with Gasteiger partial charge in [0.05, 0.1) is 11.4 Å². The van der Waals surface area contributed by atoms with Crippen molar-refractivity contribution in [1.29, 1.82) is 0 Å². The molecule has 5 nitrogen and oxygen atoms in total. The molecule has 0 bridgehead atoms. The standard InChI is InChI=1S/C27H24N2O3/c30-25(21-15-14-19-8-7-9-20(19)18-21)17-16-24-26(31)28(22-10-3-1-4-11-22)29(27(24)32)23-12-5-2-6-13-23/h1-6,10-15,18,24H,7-9,16-17H2. The predicted molar refractivity (Wildman–Crippen MR) is 123 cm³/mol. The molecule has 3 aromatic carbocycles. The molecule has 0 saturated carbocycles. The number of nitrogens with zero attached hydrogens (tertiary/aromatic N) is 2. The van der Waals surface area contributed by atoms with Crippen molar-refractivity contribution in [2.75, 3.05) is 10.0 Å². The third-order valence-corrected chi connectivity index (χ3v) is 6.30. The molecule has 0 aromatic heterocycles. The van der Waals surface area contributed by atoms with Gasteiger partial charge in [0.15, 0.2) is 5.78 Å². The van der Waals surface area contributed by atoms with Crippen LogP contribution in [0.3, 0.4) is 0 Å². The number of carbonyl (C=O) groups is 3. The lowest BCUT2D eigenvalue weighted by Crippen LogP contribution is -2.41. The minimum atomic E-state index is -0.881. The van der Waals surface area contributed by atoms with Crippen LogP contribution in [0.2, 0.25) is 0 Å². The first kappa shape index (κ1) is 20.2. The van der Waals surface area contributed by atoms with E-state index >= 15 is 0 Å². The van der Waals surface area contributed by atoms with Crippen LogP contribution in [0.5, 0.6) is 0 Å². The first-order valence-electron chi connectivity index (χ1n) is 11.1. The smallest absolute Gasteiger partial charge is 0.258 e. The molecule has 5 rings (SSSR count). The SMILES string of the molecule is O=C(CCC1C(=O)N(c2ccccc2)N(c2ccccc2)C1=O)c1ccc2c(c1)CCC2. The highest BCUT2D eigenvalue weighted by atomic mass is 16.2. The van der Waals surface area contributed by atoms with Crippen LogP contribution < -0.4 is 10.0 Å². The average molecular weight is 425 g/mol. The average Bonchev–Trinajstić information content (AvgIpc) is 3.40. The Hall–Kier alpha value is -3.73. The summed E-state index contributed by atoms with van der Waals surface area (Å²) in [7, 11) is 0. The number of amides is 2. The number of aryl methyl sites for hydroxylation is 2. The fraction of sp³-hybridized carbons (Fsp3) is 0.222. The molecule has 0 N–H and O–H groups in total. The van der Waals surface area contributed by atoms with Gasteiger partial charge in [-0.1, -0.05) is 48.5 Å². The van der Waals surface area contributed by atoms with Gasteiger partial charge in [0, 0.05) is 12.0 Å². The van der Waals surface area contributed by atoms with E-state index in [-0.39, 0.29) is 30.4 Å². The molecule has 0 spiro atoms. The summed E-state index contributed by atoms with van der Waals surface area (Å²) in [6.07, 6.45) is 3.56. The van der Waals surface area contributed by atoms with E-state index in [2.05, 4.69) is 0 Å². The first-order valence-corrected chi connectivity index (χ1v) is 11.1. The molecule has 2 amide bonds. The molecule has 0 radical (unpaired) electrons. The molecule has 32 heavy (non-hydrogen) atoms. The van der Waals surface area contributed by atoms with Crippen LogP contribution in [-0.2, 0) is 22.4 Å². The van der Waals surface area contributed by atoms with Crippen LogP contribution in [0, 0.1) is 5.92 Å². The van der Waals surface area contributed by atoms with Crippen LogP contribution in [0.4, 0.5) is 11.4 Å². The Kier molecular flexibility index (Phi) is 5.31. The van der Waals surface area contributed by atoms with E-state index in [1.807, 2.05) is 54.6 Å². The van der Waals surface area contributed by atoms with Gasteiger partial charge >= 0.3 is 0 Å². The molecule has 1 fully saturated rings. The van der Waals surface area contributed by atoms with E-state index in [1.165, 1.54) is 21.1 Å². The highest BCUT2D eigenvalue weighted by molar-refractivity contribution is 6.23. The largest absolute Gasteiger partial charge is 0.294 e. The number of anilines is 2. The molecule has 0 unspecified atom stereocenters. The second-order valence-electron chi connectivity index (χ2n) is 8.32. The summed E-state index contributed by atoms with van der Waals surface area (Å²) in [6.45, 7) is 0. The molecule has 1 saturated heterocycles. The van der Waals surface area contributed by atoms with Gasteiger partial charge < -0.3 is 0 Å². The molecular weight excluding hydrogens is 400 g/mol. The number of ketones is 1. The molecule has 3 aromatic rings. The number of hydrogen-bond donors (Lipinski definition) is 0. The van der Waals surface area contributed by atoms with Crippen molar-refractivity contribution in [2.24, 2.45) is 5.92 Å². The van der Waals surface area contributed by atoms with E-state index in [0.29, 0.717) is 16.9 Å². The van der Waals surface area contributed by atoms with Crippen molar-refractivity contribution >= 4 is 29.0 Å². The van der Waals surface area contributed by atoms with Crippen LogP contribution in [0.25, 0.3) is 0 Å². The number of rotatable bonds is 6. The maximum Gasteiger partial charge on any atom is 0.258 e. The van der Waals surface area contributed by atoms with E-state index in [4.69, 9.17) is 0 Å². The van der Waals surface area contributed by atoms with Gasteiger partial charge in [0.25, 0.3) is 11.8 Å². The van der Waals surface area contributed by atoms with Crippen molar-refractivity contribution in [1.82, 2.24) is 0 Å². The number of benzene rings is 3. The van der Waals surface area contributed by atoms with Gasteiger partial charge in [0.2, 0.25) is 0 Å². The van der Waals surface area contributed by atoms with Crippen molar-refractivity contribution in [2.45, 2.75) is 32.1 Å². The van der Waals surface area contributed by atoms with Gasteiger partial charge in [-0.2, -0.15) is 0 Å². The molecule has 2 aliphatic rings. The number of para-hydroxylation sites is 2. The van der Waals surface area contributed by atoms with Gasteiger partial charge in [0.1, 0.15) is 5.92 Å². The normalized spacial score (nSPS) is 16.0. The maximum absolute atomic E-state index is 13.4. The second kappa shape index (κ2) is 8.42. The minimum Gasteiger partial charge on any atom is -0.294 e. The predicted octanol–water partition coefficient (Wildman–Crippen LogP) is 4.75. The summed E-state index contributed by atoms with van der Waals surface area (Å²) in [5.74, 6) is -1.50. The number of carbonyl (C=O) groups excluding carboxylic acids is 3. The zero-order valence-electron chi connectivity index (χ0n) is 17.7. The monoisotopic (exact) mass is 424 g/mol. The number of fused-ring (bicyclic) bond motifs is 1. The van der Waals surface area contributed by atoms with Crippen molar-refractivity contribution in [3.8, 4) is 0 Å².